The molecule has 36 heavy (non-hydrogen) atoms. The summed E-state index contributed by atoms with van der Waals surface area (Å²) >= 11 is 0. The Morgan fingerprint density at radius 1 is 0.972 bits per heavy atom. The van der Waals surface area contributed by atoms with E-state index in [0.29, 0.717) is 5.56 Å². The average Bonchev–Trinajstić information content (AvgIpc) is 3.42. The van der Waals surface area contributed by atoms with Crippen LogP contribution in [0.25, 0.3) is 0 Å². The van der Waals surface area contributed by atoms with Gasteiger partial charge in [0.1, 0.15) is 18.3 Å². The molecule has 11 nitrogen and oxygen atoms in total. The van der Waals surface area contributed by atoms with Crippen molar-refractivity contribution in [3.05, 3.63) is 35.0 Å². The highest BCUT2D eigenvalue weighted by Crippen LogP contribution is 2.50. The third-order valence-corrected chi connectivity index (χ3v) is 7.89. The van der Waals surface area contributed by atoms with E-state index >= 15 is 0 Å². The second-order valence-corrected chi connectivity index (χ2v) is 10.4. The number of nitrogens with one attached hydrogen (secondary N) is 2. The summed E-state index contributed by atoms with van der Waals surface area (Å²) in [5, 5.41) is 23.4. The van der Waals surface area contributed by atoms with Gasteiger partial charge in [0.25, 0.3) is 5.91 Å². The summed E-state index contributed by atoms with van der Waals surface area (Å²) in [5.74, 6) is -1.89. The van der Waals surface area contributed by atoms with Gasteiger partial charge in [-0.1, -0.05) is 25.0 Å². The molecule has 3 N–H and O–H groups in total. The van der Waals surface area contributed by atoms with Gasteiger partial charge >= 0.3 is 0 Å². The van der Waals surface area contributed by atoms with Crippen LogP contribution in [0.3, 0.4) is 0 Å². The highest BCUT2D eigenvalue weighted by atomic mass is 16.9. The van der Waals surface area contributed by atoms with E-state index in [4.69, 9.17) is 23.7 Å². The second-order valence-electron chi connectivity index (χ2n) is 10.4. The predicted octanol–water partition coefficient (Wildman–Crippen LogP) is 1.79. The molecule has 0 aromatic heterocycles. The number of hydrogen-bond donors (Lipinski definition) is 3. The van der Waals surface area contributed by atoms with Gasteiger partial charge < -0.3 is 28.9 Å². The van der Waals surface area contributed by atoms with Gasteiger partial charge in [-0.2, -0.15) is 10.3 Å². The Bertz CT molecular complexity index is 991. The van der Waals surface area contributed by atoms with Gasteiger partial charge in [0.05, 0.1) is 6.21 Å². The normalized spacial score (nSPS) is 35.6. The van der Waals surface area contributed by atoms with Crippen molar-refractivity contribution in [2.24, 2.45) is 5.10 Å². The highest BCUT2D eigenvalue weighted by Gasteiger charge is 2.65. The number of hydrazone groups is 1. The molecular weight excluding hydrogens is 470 g/mol. The zero-order valence-corrected chi connectivity index (χ0v) is 20.1. The third-order valence-electron chi connectivity index (χ3n) is 7.89. The fraction of sp³-hybridized carbons (Fsp3) is 0.680. The number of fused-ring (bicyclic) bond motifs is 3. The molecule has 11 heteroatoms. The summed E-state index contributed by atoms with van der Waals surface area (Å²) in [6.07, 6.45) is 7.60. The molecule has 5 fully saturated rings. The molecule has 1 aromatic rings. The molecule has 0 bridgehead atoms. The van der Waals surface area contributed by atoms with E-state index in [1.807, 2.05) is 0 Å². The fourth-order valence-electron chi connectivity index (χ4n) is 6.15. The van der Waals surface area contributed by atoms with E-state index in [1.165, 1.54) is 18.3 Å². The molecular formula is C25H33N3O8. The summed E-state index contributed by atoms with van der Waals surface area (Å²) in [5.41, 5.74) is 3.22. The van der Waals surface area contributed by atoms with Crippen LogP contribution < -0.4 is 10.7 Å². The van der Waals surface area contributed by atoms with Gasteiger partial charge in [0, 0.05) is 43.4 Å². The molecule has 5 aliphatic rings. The lowest BCUT2D eigenvalue weighted by Crippen LogP contribution is -2.99. The molecule has 1 aromatic carbocycles. The predicted molar refractivity (Wildman–Crippen MR) is 124 cm³/mol. The Kier molecular flexibility index (Phi) is 6.59. The Morgan fingerprint density at radius 3 is 2.31 bits per heavy atom. The van der Waals surface area contributed by atoms with Crippen molar-refractivity contribution in [3.8, 4) is 0 Å². The lowest BCUT2D eigenvalue weighted by atomic mass is 9.94. The van der Waals surface area contributed by atoms with Crippen LogP contribution in [0.15, 0.2) is 29.4 Å². The zero-order chi connectivity index (χ0) is 24.8. The van der Waals surface area contributed by atoms with Crippen molar-refractivity contribution in [1.29, 1.82) is 0 Å². The molecule has 6 atom stereocenters. The number of rotatable bonds is 4. The van der Waals surface area contributed by atoms with Crippen LogP contribution in [-0.2, 0) is 28.5 Å². The monoisotopic (exact) mass is 503 g/mol. The summed E-state index contributed by atoms with van der Waals surface area (Å²) in [4.78, 5) is 13.3. The van der Waals surface area contributed by atoms with E-state index in [0.717, 1.165) is 64.2 Å². The maximum absolute atomic E-state index is 13.3. The summed E-state index contributed by atoms with van der Waals surface area (Å²) in [6, 6.07) is 6.29. The van der Waals surface area contributed by atoms with Crippen LogP contribution in [0.2, 0.25) is 0 Å². The van der Waals surface area contributed by atoms with Crippen molar-refractivity contribution in [1.82, 2.24) is 5.43 Å². The van der Waals surface area contributed by atoms with Crippen molar-refractivity contribution < 1.29 is 38.9 Å². The van der Waals surface area contributed by atoms with Gasteiger partial charge in [-0.3, -0.25) is 4.79 Å². The van der Waals surface area contributed by atoms with Gasteiger partial charge in [-0.15, -0.1) is 0 Å². The molecule has 2 aliphatic carbocycles. The number of quaternary nitrogens is 1. The molecule has 2 saturated carbocycles. The molecule has 2 spiro atoms. The average molecular weight is 504 g/mol. The van der Waals surface area contributed by atoms with Crippen LogP contribution in [0.1, 0.15) is 69.8 Å². The number of nitrogens with zero attached hydrogens (tertiary/aromatic N) is 1. The zero-order valence-electron chi connectivity index (χ0n) is 20.1. The maximum atomic E-state index is 13.3. The van der Waals surface area contributed by atoms with Gasteiger partial charge in [-0.25, -0.2) is 10.6 Å². The van der Waals surface area contributed by atoms with E-state index < -0.39 is 53.4 Å². The van der Waals surface area contributed by atoms with Crippen LogP contribution in [0, 0.1) is 5.21 Å². The van der Waals surface area contributed by atoms with E-state index in [1.54, 1.807) is 12.1 Å². The number of carbonyl (C=O) groups excluding carboxylic acids is 1. The summed E-state index contributed by atoms with van der Waals surface area (Å²) in [6.45, 7) is 0. The first-order valence-electron chi connectivity index (χ1n) is 13.0. The topological polar surface area (TPSA) is 135 Å². The maximum Gasteiger partial charge on any atom is 0.272 e. The Balaban J connectivity index is 1.20. The van der Waals surface area contributed by atoms with E-state index in [-0.39, 0.29) is 5.69 Å². The number of ether oxygens (including phenoxy) is 5. The largest absolute Gasteiger partial charge is 0.595 e. The summed E-state index contributed by atoms with van der Waals surface area (Å²) < 4.78 is 32.0. The van der Waals surface area contributed by atoms with Crippen LogP contribution in [0.4, 0.5) is 5.69 Å². The van der Waals surface area contributed by atoms with Crippen molar-refractivity contribution in [3.63, 3.8) is 0 Å². The van der Waals surface area contributed by atoms with Crippen molar-refractivity contribution >= 4 is 17.8 Å². The van der Waals surface area contributed by atoms with Gasteiger partial charge in [-0.05, 0) is 25.7 Å². The van der Waals surface area contributed by atoms with Gasteiger partial charge in [0.15, 0.2) is 29.7 Å². The number of hydrogen-bond acceptors (Lipinski definition) is 9. The van der Waals surface area contributed by atoms with E-state index in [2.05, 4.69) is 10.5 Å². The molecule has 196 valence electrons. The first kappa shape index (κ1) is 24.4. The first-order valence-corrected chi connectivity index (χ1v) is 13.0. The van der Waals surface area contributed by atoms with Gasteiger partial charge in [0.2, 0.25) is 0 Å². The van der Waals surface area contributed by atoms with Crippen LogP contribution in [0.5, 0.6) is 0 Å². The molecule has 0 radical (unpaired) electrons. The number of carbonyl (C=O) groups is 1. The SMILES string of the molecule is O=C(NN=Cc1cccc([NH+]([O-])O)c1)C1OC2OC3(CCCCC3)OC2C2OC3(CCCCC3)OC12. The molecule has 6 unspecified atom stereocenters. The first-order chi connectivity index (χ1) is 17.5. The van der Waals surface area contributed by atoms with Crippen molar-refractivity contribution in [2.45, 2.75) is 106 Å². The molecule has 1 amide bonds. The van der Waals surface area contributed by atoms with Crippen LogP contribution in [-0.4, -0.2) is 59.6 Å². The number of benzene rings is 1. The smallest absolute Gasteiger partial charge is 0.272 e. The lowest BCUT2D eigenvalue weighted by Gasteiger charge is -2.36. The lowest BCUT2D eigenvalue weighted by molar-refractivity contribution is -0.991. The summed E-state index contributed by atoms with van der Waals surface area (Å²) in [7, 11) is 0. The Hall–Kier alpha value is -1.96. The Labute approximate surface area is 209 Å². The third kappa shape index (κ3) is 4.59. The standard InChI is InChI=1S/C25H33N3O8/c29-22(27-26-15-16-8-7-9-17(14-16)28(30)31)20-18-19(34-24(33-18)10-3-1-4-11-24)21-23(32-20)36-25(35-21)12-5-2-6-13-25/h7-9,14-15,18-21,23,28,30H,1-6,10-13H2,(H,27,29). The van der Waals surface area contributed by atoms with E-state index in [9.17, 15) is 15.2 Å². The molecule has 3 saturated heterocycles. The molecule has 6 rings (SSSR count). The van der Waals surface area contributed by atoms with Crippen LogP contribution >= 0.6 is 0 Å². The number of amides is 1. The quantitative estimate of drug-likeness (QED) is 0.418. The second kappa shape index (κ2) is 9.73. The minimum Gasteiger partial charge on any atom is -0.595 e. The fourth-order valence-corrected chi connectivity index (χ4v) is 6.15. The highest BCUT2D eigenvalue weighted by molar-refractivity contribution is 5.85. The molecule has 3 heterocycles. The molecule has 3 aliphatic heterocycles. The Morgan fingerprint density at radius 2 is 1.61 bits per heavy atom. The minimum atomic E-state index is -1.03. The minimum absolute atomic E-state index is 0.138. The van der Waals surface area contributed by atoms with Crippen molar-refractivity contribution in [2.75, 3.05) is 0 Å².